The summed E-state index contributed by atoms with van der Waals surface area (Å²) in [6.07, 6.45) is 3.04. The number of hydrogen-bond acceptors (Lipinski definition) is 4. The molecular weight excluding hydrogens is 338 g/mol. The molecule has 1 heterocycles. The van der Waals surface area contributed by atoms with Gasteiger partial charge in [0.1, 0.15) is 0 Å². The molecule has 1 saturated heterocycles. The summed E-state index contributed by atoms with van der Waals surface area (Å²) in [5.74, 6) is 0.136. The van der Waals surface area contributed by atoms with Crippen molar-refractivity contribution in [1.82, 2.24) is 0 Å². The molecule has 2 rings (SSSR count). The van der Waals surface area contributed by atoms with Crippen LogP contribution in [0.25, 0.3) is 0 Å². The summed E-state index contributed by atoms with van der Waals surface area (Å²) >= 11 is 6.33. The Morgan fingerprint density at radius 2 is 2.00 bits per heavy atom. The van der Waals surface area contributed by atoms with Gasteiger partial charge in [-0.25, -0.2) is 5.14 Å². The summed E-state index contributed by atoms with van der Waals surface area (Å²) in [4.78, 5) is 0. The fraction of sp³-hybridized carbons (Fsp3) is 0.625. The van der Waals surface area contributed by atoms with E-state index in [1.165, 1.54) is 0 Å². The number of rotatable bonds is 7. The molecule has 5 nitrogen and oxygen atoms in total. The summed E-state index contributed by atoms with van der Waals surface area (Å²) in [5.41, 5.74) is 0.745. The lowest BCUT2D eigenvalue weighted by Crippen LogP contribution is -2.25. The molecule has 7 heteroatoms. The first-order chi connectivity index (χ1) is 10.8. The van der Waals surface area contributed by atoms with Gasteiger partial charge in [-0.1, -0.05) is 43.6 Å². The van der Waals surface area contributed by atoms with Gasteiger partial charge in [0, 0.05) is 5.02 Å². The minimum Gasteiger partial charge on any atom is -0.367 e. The zero-order chi connectivity index (χ0) is 17.1. The lowest BCUT2D eigenvalue weighted by atomic mass is 9.85. The summed E-state index contributed by atoms with van der Waals surface area (Å²) in [6, 6.07) is 7.62. The number of hydrogen-bond donors (Lipinski definition) is 1. The van der Waals surface area contributed by atoms with Crippen molar-refractivity contribution in [2.45, 2.75) is 51.2 Å². The van der Waals surface area contributed by atoms with Gasteiger partial charge in [0.25, 0.3) is 0 Å². The summed E-state index contributed by atoms with van der Waals surface area (Å²) in [7, 11) is -3.91. The van der Waals surface area contributed by atoms with Gasteiger partial charge in [-0.15, -0.1) is 0 Å². The summed E-state index contributed by atoms with van der Waals surface area (Å²) in [6.45, 7) is 4.27. The Morgan fingerprint density at radius 1 is 1.35 bits per heavy atom. The van der Waals surface area contributed by atoms with Crippen molar-refractivity contribution in [1.29, 1.82) is 0 Å². The van der Waals surface area contributed by atoms with Gasteiger partial charge in [0.2, 0.25) is 0 Å². The standard InChI is InChI=1S/C16H24ClNO4S/c1-3-16(4-2)11-12(9-10-21-23(18,19)20)15(22-16)13-7-5-6-8-14(13)17/h5-8,12,15H,3-4,9-11H2,1-2H3,(H2,18,19,20)/t12-,15-/m1/s1. The second-order valence-electron chi connectivity index (χ2n) is 6.02. The van der Waals surface area contributed by atoms with E-state index in [0.29, 0.717) is 11.4 Å². The van der Waals surface area contributed by atoms with Crippen LogP contribution in [-0.4, -0.2) is 20.6 Å². The zero-order valence-corrected chi connectivity index (χ0v) is 15.1. The van der Waals surface area contributed by atoms with Gasteiger partial charge in [0.05, 0.1) is 18.3 Å². The van der Waals surface area contributed by atoms with Gasteiger partial charge < -0.3 is 4.74 Å². The lowest BCUT2D eigenvalue weighted by molar-refractivity contribution is -0.0520. The maximum atomic E-state index is 11.0. The Labute approximate surface area is 143 Å². The van der Waals surface area contributed by atoms with Crippen molar-refractivity contribution in [3.63, 3.8) is 0 Å². The van der Waals surface area contributed by atoms with Crippen molar-refractivity contribution in [2.24, 2.45) is 11.1 Å². The molecule has 1 aromatic carbocycles. The van der Waals surface area contributed by atoms with E-state index in [-0.39, 0.29) is 24.2 Å². The second kappa shape index (κ2) is 7.49. The molecule has 130 valence electrons. The van der Waals surface area contributed by atoms with Crippen molar-refractivity contribution in [2.75, 3.05) is 6.61 Å². The van der Waals surface area contributed by atoms with E-state index < -0.39 is 10.3 Å². The van der Waals surface area contributed by atoms with Gasteiger partial charge in [0.15, 0.2) is 0 Å². The molecule has 0 radical (unpaired) electrons. The van der Waals surface area contributed by atoms with E-state index in [2.05, 4.69) is 13.8 Å². The smallest absolute Gasteiger partial charge is 0.333 e. The first-order valence-corrected chi connectivity index (χ1v) is 9.74. The van der Waals surface area contributed by atoms with E-state index >= 15 is 0 Å². The molecule has 2 N–H and O–H groups in total. The average Bonchev–Trinajstić information content (AvgIpc) is 2.86. The maximum absolute atomic E-state index is 11.0. The SMILES string of the molecule is CCC1(CC)C[C@@H](CCOS(N)(=O)=O)[C@H](c2ccccc2Cl)O1. The highest BCUT2D eigenvalue weighted by atomic mass is 35.5. The van der Waals surface area contributed by atoms with Gasteiger partial charge >= 0.3 is 10.3 Å². The van der Waals surface area contributed by atoms with Crippen LogP contribution < -0.4 is 5.14 Å². The van der Waals surface area contributed by atoms with Gasteiger partial charge in [-0.3, -0.25) is 4.18 Å². The number of halogens is 1. The largest absolute Gasteiger partial charge is 0.367 e. The van der Waals surface area contributed by atoms with Crippen LogP contribution in [0.3, 0.4) is 0 Å². The van der Waals surface area contributed by atoms with Crippen LogP contribution in [0.2, 0.25) is 5.02 Å². The van der Waals surface area contributed by atoms with E-state index in [1.807, 2.05) is 24.3 Å². The molecule has 0 aliphatic carbocycles. The maximum Gasteiger partial charge on any atom is 0.333 e. The minimum atomic E-state index is -3.91. The second-order valence-corrected chi connectivity index (χ2v) is 7.65. The molecule has 0 amide bonds. The lowest BCUT2D eigenvalue weighted by Gasteiger charge is -2.27. The Balaban J connectivity index is 2.20. The fourth-order valence-corrected chi connectivity index (χ4v) is 3.87. The topological polar surface area (TPSA) is 78.6 Å². The molecule has 23 heavy (non-hydrogen) atoms. The van der Waals surface area contributed by atoms with Crippen LogP contribution in [0.5, 0.6) is 0 Å². The third-order valence-corrected chi connectivity index (χ3v) is 5.52. The average molecular weight is 362 g/mol. The third-order valence-electron chi connectivity index (χ3n) is 4.68. The van der Waals surface area contributed by atoms with Crippen molar-refractivity contribution >= 4 is 21.9 Å². The van der Waals surface area contributed by atoms with Gasteiger partial charge in [-0.2, -0.15) is 8.42 Å². The molecule has 1 aliphatic rings. The van der Waals surface area contributed by atoms with Crippen LogP contribution in [0, 0.1) is 5.92 Å². The molecule has 0 spiro atoms. The molecule has 0 aromatic heterocycles. The number of benzene rings is 1. The Morgan fingerprint density at radius 3 is 2.57 bits per heavy atom. The molecule has 1 fully saturated rings. The highest BCUT2D eigenvalue weighted by Gasteiger charge is 2.45. The molecule has 0 saturated carbocycles. The normalized spacial score (nSPS) is 24.0. The minimum absolute atomic E-state index is 0.0529. The van der Waals surface area contributed by atoms with Gasteiger partial charge in [-0.05, 0) is 43.2 Å². The summed E-state index contributed by atoms with van der Waals surface area (Å²) in [5, 5.41) is 5.56. The van der Waals surface area contributed by atoms with E-state index in [9.17, 15) is 8.42 Å². The highest BCUT2D eigenvalue weighted by Crippen LogP contribution is 2.49. The van der Waals surface area contributed by atoms with Crippen LogP contribution in [0.15, 0.2) is 24.3 Å². The summed E-state index contributed by atoms with van der Waals surface area (Å²) < 4.78 is 33.0. The molecule has 0 bridgehead atoms. The van der Waals surface area contributed by atoms with Crippen molar-refractivity contribution in [3.05, 3.63) is 34.9 Å². The predicted octanol–water partition coefficient (Wildman–Crippen LogP) is 3.59. The molecule has 0 unspecified atom stereocenters. The van der Waals surface area contributed by atoms with E-state index in [0.717, 1.165) is 24.8 Å². The first-order valence-electron chi connectivity index (χ1n) is 7.89. The monoisotopic (exact) mass is 361 g/mol. The third kappa shape index (κ3) is 4.67. The molecule has 2 atom stereocenters. The molecule has 1 aromatic rings. The van der Waals surface area contributed by atoms with Crippen LogP contribution in [0.1, 0.15) is 51.2 Å². The quantitative estimate of drug-likeness (QED) is 0.804. The van der Waals surface area contributed by atoms with Crippen molar-refractivity contribution < 1.29 is 17.3 Å². The molecule has 1 aliphatic heterocycles. The zero-order valence-electron chi connectivity index (χ0n) is 13.5. The predicted molar refractivity (Wildman–Crippen MR) is 90.4 cm³/mol. The van der Waals surface area contributed by atoms with Crippen LogP contribution in [0.4, 0.5) is 0 Å². The fourth-order valence-electron chi connectivity index (χ4n) is 3.30. The van der Waals surface area contributed by atoms with E-state index in [1.54, 1.807) is 0 Å². The number of nitrogens with two attached hydrogens (primary N) is 1. The Bertz CT molecular complexity index is 631. The number of ether oxygens (including phenoxy) is 1. The Kier molecular flexibility index (Phi) is 6.08. The van der Waals surface area contributed by atoms with E-state index in [4.69, 9.17) is 25.7 Å². The van der Waals surface area contributed by atoms with Crippen molar-refractivity contribution in [3.8, 4) is 0 Å². The van der Waals surface area contributed by atoms with Crippen LogP contribution >= 0.6 is 11.6 Å². The highest BCUT2D eigenvalue weighted by molar-refractivity contribution is 7.84. The molecular formula is C16H24ClNO4S. The van der Waals surface area contributed by atoms with Crippen LogP contribution in [-0.2, 0) is 19.2 Å². The first kappa shape index (κ1) is 18.7. The Hall–Kier alpha value is -0.660.